The predicted octanol–water partition coefficient (Wildman–Crippen LogP) is 38.9. The number of benzene rings is 23. The number of hydrogen-bond acceptors (Lipinski definition) is 3. The smallest absolute Gasteiger partial charge is 0.0468 e. The van der Waals surface area contributed by atoms with Crippen molar-refractivity contribution in [3.05, 3.63) is 600 Å². The normalized spacial score (nSPS) is 11.5. The average molecular weight is 1820 g/mol. The largest absolute Gasteiger partial charge is 0.310 e. The Morgan fingerprint density at radius 1 is 0.120 bits per heavy atom. The number of hydrogen-bond donors (Lipinski definition) is 0. The Hall–Kier alpha value is -18.3. The monoisotopic (exact) mass is 1810 g/mol. The van der Waals surface area contributed by atoms with Crippen molar-refractivity contribution in [3.63, 3.8) is 0 Å². The highest BCUT2D eigenvalue weighted by Crippen LogP contribution is 2.53. The number of fused-ring (bicyclic) bond motifs is 4. The van der Waals surface area contributed by atoms with Gasteiger partial charge in [-0.05, 0) is 282 Å². The molecule has 0 atom stereocenters. The van der Waals surface area contributed by atoms with Gasteiger partial charge < -0.3 is 14.7 Å². The van der Waals surface area contributed by atoms with Crippen LogP contribution >= 0.6 is 0 Å². The quantitative estimate of drug-likeness (QED) is 0.0710. The Bertz CT molecular complexity index is 7960. The molecule has 0 saturated heterocycles. The van der Waals surface area contributed by atoms with Crippen molar-refractivity contribution in [3.8, 4) is 145 Å². The molecule has 3 nitrogen and oxygen atoms in total. The maximum Gasteiger partial charge on any atom is 0.0468 e. The van der Waals surface area contributed by atoms with E-state index in [0.717, 1.165) is 51.2 Å². The average Bonchev–Trinajstić information content (AvgIpc) is 1.57. The summed E-state index contributed by atoms with van der Waals surface area (Å²) in [6.45, 7) is 4.71. The Kier molecular flexibility index (Phi) is 25.7. The van der Waals surface area contributed by atoms with Gasteiger partial charge in [0.15, 0.2) is 0 Å². The van der Waals surface area contributed by atoms with Crippen molar-refractivity contribution < 1.29 is 0 Å². The molecule has 23 aromatic carbocycles. The van der Waals surface area contributed by atoms with Gasteiger partial charge in [-0.2, -0.15) is 0 Å². The molecule has 0 radical (unpaired) electrons. The van der Waals surface area contributed by atoms with Gasteiger partial charge in [0.2, 0.25) is 0 Å². The third-order valence-electron chi connectivity index (χ3n) is 27.5. The fourth-order valence-electron chi connectivity index (χ4n) is 20.2. The topological polar surface area (TPSA) is 9.72 Å². The zero-order valence-electron chi connectivity index (χ0n) is 79.3. The van der Waals surface area contributed by atoms with Gasteiger partial charge in [-0.25, -0.2) is 0 Å². The van der Waals surface area contributed by atoms with Crippen LogP contribution < -0.4 is 14.7 Å². The SMILES string of the molecule is CC1(C)c2ccccc2-c2ccc(-c3ccc(N(c4ccc(-c5ccccc5)cc4)c4ccc(-c5ccccc5)cc4)cc3-c3ccccc3)cc21.c1ccc(-c2ccc(N(c3ccc(-c4ccccc4)cc3)c3ccc(-c4cccc5ccccc45)c(-c4ccccc4)c3)cc2)cc1.c1ccc(-c2ccc(N(c3ccc(-c4ccccc4)cc3)c3ccc(-c4ccccc4)c(-c4ccccc4)c3)cc2)cc1. The molecule has 674 valence electrons. The Morgan fingerprint density at radius 3 is 0.641 bits per heavy atom. The third kappa shape index (κ3) is 19.0. The first-order valence-corrected chi connectivity index (χ1v) is 48.9. The summed E-state index contributed by atoms with van der Waals surface area (Å²) in [6.07, 6.45) is 0. The lowest BCUT2D eigenvalue weighted by molar-refractivity contribution is 0.660. The highest BCUT2D eigenvalue weighted by Gasteiger charge is 2.36. The highest BCUT2D eigenvalue weighted by atomic mass is 15.2. The van der Waals surface area contributed by atoms with E-state index in [1.165, 1.54) is 167 Å². The number of nitrogens with zero attached hydrogens (tertiary/aromatic N) is 3. The van der Waals surface area contributed by atoms with Gasteiger partial charge in [0.25, 0.3) is 0 Å². The van der Waals surface area contributed by atoms with E-state index in [9.17, 15) is 0 Å². The van der Waals surface area contributed by atoms with Crippen molar-refractivity contribution >= 4 is 62.0 Å². The van der Waals surface area contributed by atoms with Crippen molar-refractivity contribution in [2.75, 3.05) is 14.7 Å². The van der Waals surface area contributed by atoms with E-state index in [1.54, 1.807) is 0 Å². The van der Waals surface area contributed by atoms with Crippen LogP contribution in [0.3, 0.4) is 0 Å². The summed E-state index contributed by atoms with van der Waals surface area (Å²) in [5.74, 6) is 0. The summed E-state index contributed by atoms with van der Waals surface area (Å²) in [5.41, 5.74) is 44.4. The molecule has 0 unspecified atom stereocenters. The molecule has 24 rings (SSSR count). The summed E-state index contributed by atoms with van der Waals surface area (Å²) >= 11 is 0. The van der Waals surface area contributed by atoms with Crippen molar-refractivity contribution in [1.29, 1.82) is 0 Å². The Morgan fingerprint density at radius 2 is 0.324 bits per heavy atom. The van der Waals surface area contributed by atoms with Crippen LogP contribution in [0.1, 0.15) is 25.0 Å². The van der Waals surface area contributed by atoms with E-state index in [4.69, 9.17) is 0 Å². The van der Waals surface area contributed by atoms with Crippen LogP contribution in [0.2, 0.25) is 0 Å². The van der Waals surface area contributed by atoms with Crippen LogP contribution in [0.4, 0.5) is 51.2 Å². The van der Waals surface area contributed by atoms with Gasteiger partial charge in [0.05, 0.1) is 0 Å². The van der Waals surface area contributed by atoms with Crippen LogP contribution in [0.5, 0.6) is 0 Å². The molecule has 1 aliphatic rings. The second-order valence-corrected chi connectivity index (χ2v) is 36.6. The standard InChI is InChI=1S/C51H39N.C46H33N.C42H31N/c1-51(2)49-21-13-12-20-46(49)47-32-26-41(34-50(47)51)45-33-31-44(35-48(45)40-18-10-5-11-19-40)52(42-27-22-38(23-28-42)36-14-6-3-7-15-36)43-29-24-39(25-30-43)37-16-8-4-9-17-37;1-4-13-34(14-5-1)36-23-27-40(28-24-36)47(41-29-25-37(26-30-41)35-15-6-2-7-16-35)42-31-32-45(46(33-42)39-17-8-3-9-18-39)44-22-12-20-38-19-10-11-21-43(38)44;1-5-13-32(14-6-1)34-21-25-38(26-22-34)43(39-27-23-35(24-28-39)33-15-7-2-8-16-33)40-29-30-41(36-17-9-3-10-18-36)42(31-40)37-19-11-4-12-20-37/h3-35H,1-2H3;1-33H;1-31H. The highest BCUT2D eigenvalue weighted by molar-refractivity contribution is 6.02. The maximum absolute atomic E-state index is 2.43. The maximum atomic E-state index is 2.43. The van der Waals surface area contributed by atoms with E-state index >= 15 is 0 Å². The van der Waals surface area contributed by atoms with E-state index in [0.29, 0.717) is 0 Å². The minimum atomic E-state index is -0.0661. The summed E-state index contributed by atoms with van der Waals surface area (Å²) in [4.78, 5) is 7.09. The summed E-state index contributed by atoms with van der Waals surface area (Å²) < 4.78 is 0. The fraction of sp³-hybridized carbons (Fsp3) is 0.0216. The lowest BCUT2D eigenvalue weighted by Gasteiger charge is -2.27. The lowest BCUT2D eigenvalue weighted by Crippen LogP contribution is -2.14. The Labute approximate surface area is 834 Å². The molecule has 0 aromatic heterocycles. The molecule has 0 saturated carbocycles. The van der Waals surface area contributed by atoms with E-state index in [2.05, 4.69) is 617 Å². The molecule has 0 amide bonds. The predicted molar refractivity (Wildman–Crippen MR) is 604 cm³/mol. The van der Waals surface area contributed by atoms with Crippen LogP contribution in [0.15, 0.2) is 588 Å². The Balaban J connectivity index is 0.000000123. The van der Waals surface area contributed by atoms with Crippen LogP contribution in [-0.2, 0) is 5.41 Å². The third-order valence-corrected chi connectivity index (χ3v) is 27.5. The molecule has 3 heteroatoms. The summed E-state index contributed by atoms with van der Waals surface area (Å²) in [5, 5.41) is 2.50. The number of rotatable bonds is 21. The molecule has 0 N–H and O–H groups in total. The minimum absolute atomic E-state index is 0.0661. The first kappa shape index (κ1) is 89.0. The van der Waals surface area contributed by atoms with Gasteiger partial charge in [-0.15, -0.1) is 0 Å². The van der Waals surface area contributed by atoms with E-state index < -0.39 is 0 Å². The van der Waals surface area contributed by atoms with Crippen LogP contribution in [0, 0.1) is 0 Å². The summed E-state index contributed by atoms with van der Waals surface area (Å²) in [6, 6.07) is 212. The van der Waals surface area contributed by atoms with E-state index in [-0.39, 0.29) is 5.41 Å². The minimum Gasteiger partial charge on any atom is -0.310 e. The zero-order valence-corrected chi connectivity index (χ0v) is 79.3. The van der Waals surface area contributed by atoms with Gasteiger partial charge in [-0.3, -0.25) is 0 Å². The van der Waals surface area contributed by atoms with Crippen LogP contribution in [0.25, 0.3) is 155 Å². The first-order valence-electron chi connectivity index (χ1n) is 48.9. The molecule has 23 aromatic rings. The van der Waals surface area contributed by atoms with Crippen LogP contribution in [-0.4, -0.2) is 0 Å². The van der Waals surface area contributed by atoms with Gasteiger partial charge in [0.1, 0.15) is 0 Å². The molecule has 0 spiro atoms. The second-order valence-electron chi connectivity index (χ2n) is 36.6. The molecular weight excluding hydrogens is 1710 g/mol. The van der Waals surface area contributed by atoms with E-state index in [1.807, 2.05) is 0 Å². The summed E-state index contributed by atoms with van der Waals surface area (Å²) in [7, 11) is 0. The molecule has 142 heavy (non-hydrogen) atoms. The second kappa shape index (κ2) is 40.9. The first-order chi connectivity index (χ1) is 70.2. The molecule has 0 fully saturated rings. The molecule has 0 bridgehead atoms. The molecular formula is C139H103N3. The molecule has 0 heterocycles. The van der Waals surface area contributed by atoms with Gasteiger partial charge in [0, 0.05) is 56.6 Å². The van der Waals surface area contributed by atoms with Crippen molar-refractivity contribution in [2.24, 2.45) is 0 Å². The molecule has 1 aliphatic carbocycles. The molecule has 0 aliphatic heterocycles. The number of anilines is 9. The van der Waals surface area contributed by atoms with Crippen molar-refractivity contribution in [2.45, 2.75) is 19.3 Å². The van der Waals surface area contributed by atoms with Gasteiger partial charge >= 0.3 is 0 Å². The van der Waals surface area contributed by atoms with Gasteiger partial charge in [-0.1, -0.05) is 487 Å². The zero-order chi connectivity index (χ0) is 95.3. The van der Waals surface area contributed by atoms with Crippen molar-refractivity contribution in [1.82, 2.24) is 0 Å². The fourth-order valence-corrected chi connectivity index (χ4v) is 20.2. The lowest BCUT2D eigenvalue weighted by atomic mass is 9.81.